The number of benzene rings is 2. The van der Waals surface area contributed by atoms with E-state index in [9.17, 15) is 9.59 Å². The fourth-order valence-corrected chi connectivity index (χ4v) is 3.11. The van der Waals surface area contributed by atoms with Gasteiger partial charge in [-0.1, -0.05) is 48.5 Å². The minimum absolute atomic E-state index is 0.184. The number of rotatable bonds is 3. The maximum Gasteiger partial charge on any atom is 0.326 e. The Morgan fingerprint density at radius 2 is 1.70 bits per heavy atom. The van der Waals surface area contributed by atoms with Crippen molar-refractivity contribution in [2.24, 2.45) is 5.73 Å². The van der Waals surface area contributed by atoms with Gasteiger partial charge in [0.25, 0.3) is 0 Å². The van der Waals surface area contributed by atoms with Crippen LogP contribution in [0.15, 0.2) is 60.7 Å². The molecule has 0 saturated heterocycles. The van der Waals surface area contributed by atoms with Gasteiger partial charge in [-0.3, -0.25) is 14.5 Å². The number of hydrogen-bond donors (Lipinski definition) is 1. The second-order valence-corrected chi connectivity index (χ2v) is 7.50. The summed E-state index contributed by atoms with van der Waals surface area (Å²) in [6, 6.07) is 16.4. The van der Waals surface area contributed by atoms with Crippen LogP contribution in [-0.2, 0) is 14.3 Å². The molecule has 0 saturated carbocycles. The summed E-state index contributed by atoms with van der Waals surface area (Å²) in [6.07, 6.45) is 1.76. The normalized spacial score (nSPS) is 17.0. The third-order valence-electron chi connectivity index (χ3n) is 4.17. The van der Waals surface area contributed by atoms with Crippen LogP contribution in [0.2, 0.25) is 0 Å². The number of carbonyl (C=O) groups is 2. The van der Waals surface area contributed by atoms with Crippen LogP contribution in [0.25, 0.3) is 5.57 Å². The van der Waals surface area contributed by atoms with E-state index in [1.165, 1.54) is 4.90 Å². The quantitative estimate of drug-likeness (QED) is 0.850. The molecule has 27 heavy (non-hydrogen) atoms. The summed E-state index contributed by atoms with van der Waals surface area (Å²) in [7, 11) is 0. The molecule has 5 nitrogen and oxygen atoms in total. The molecule has 1 atom stereocenters. The molecular formula is C22H24N2O3. The van der Waals surface area contributed by atoms with Crippen LogP contribution in [0.4, 0.5) is 5.69 Å². The molecule has 1 amide bonds. The smallest absolute Gasteiger partial charge is 0.326 e. The number of fused-ring (bicyclic) bond motifs is 1. The number of nitrogens with two attached hydrogens (primary N) is 1. The van der Waals surface area contributed by atoms with Gasteiger partial charge < -0.3 is 10.5 Å². The molecule has 0 radical (unpaired) electrons. The average molecular weight is 364 g/mol. The monoisotopic (exact) mass is 364 g/mol. The van der Waals surface area contributed by atoms with Gasteiger partial charge in [0, 0.05) is 5.56 Å². The molecule has 5 heteroatoms. The predicted octanol–water partition coefficient (Wildman–Crippen LogP) is 3.13. The summed E-state index contributed by atoms with van der Waals surface area (Å²) in [5.41, 5.74) is 8.88. The van der Waals surface area contributed by atoms with E-state index in [0.717, 1.165) is 16.7 Å². The minimum atomic E-state index is -0.852. The van der Waals surface area contributed by atoms with Gasteiger partial charge in [-0.25, -0.2) is 0 Å². The van der Waals surface area contributed by atoms with E-state index in [1.54, 1.807) is 26.8 Å². The number of hydrogen-bond acceptors (Lipinski definition) is 4. The molecule has 3 rings (SSSR count). The number of esters is 1. The summed E-state index contributed by atoms with van der Waals surface area (Å²) in [5, 5.41) is 0. The van der Waals surface area contributed by atoms with Crippen molar-refractivity contribution in [1.82, 2.24) is 0 Å². The van der Waals surface area contributed by atoms with Crippen LogP contribution in [0, 0.1) is 0 Å². The van der Waals surface area contributed by atoms with Gasteiger partial charge in [-0.05, 0) is 44.1 Å². The Bertz CT molecular complexity index is 882. The van der Waals surface area contributed by atoms with E-state index in [1.807, 2.05) is 54.6 Å². The second-order valence-electron chi connectivity index (χ2n) is 7.50. The summed E-state index contributed by atoms with van der Waals surface area (Å²) >= 11 is 0. The highest BCUT2D eigenvalue weighted by atomic mass is 16.6. The maximum atomic E-state index is 12.9. The van der Waals surface area contributed by atoms with Crippen molar-refractivity contribution < 1.29 is 14.3 Å². The van der Waals surface area contributed by atoms with Crippen LogP contribution in [0.1, 0.15) is 31.9 Å². The average Bonchev–Trinajstić information content (AvgIpc) is 2.72. The number of ether oxygens (including phenoxy) is 1. The van der Waals surface area contributed by atoms with Gasteiger partial charge in [-0.15, -0.1) is 0 Å². The molecule has 0 fully saturated rings. The minimum Gasteiger partial charge on any atom is -0.459 e. The van der Waals surface area contributed by atoms with Crippen molar-refractivity contribution in [2.75, 3.05) is 11.4 Å². The second kappa shape index (κ2) is 7.37. The van der Waals surface area contributed by atoms with Crippen molar-refractivity contribution in [3.05, 3.63) is 71.8 Å². The van der Waals surface area contributed by atoms with E-state index in [0.29, 0.717) is 5.69 Å². The Hall–Kier alpha value is -2.92. The van der Waals surface area contributed by atoms with Crippen LogP contribution >= 0.6 is 0 Å². The van der Waals surface area contributed by atoms with Crippen molar-refractivity contribution in [3.8, 4) is 0 Å². The predicted molar refractivity (Wildman–Crippen MR) is 106 cm³/mol. The van der Waals surface area contributed by atoms with E-state index < -0.39 is 17.6 Å². The topological polar surface area (TPSA) is 72.6 Å². The molecule has 1 aliphatic rings. The molecule has 2 aromatic rings. The SMILES string of the molecule is CC(C)(C)OC(=O)CN1C(=O)C(N)C=C(c2ccccc2)c2ccccc21. The first-order valence-electron chi connectivity index (χ1n) is 8.92. The Morgan fingerprint density at radius 3 is 2.37 bits per heavy atom. The Morgan fingerprint density at radius 1 is 1.07 bits per heavy atom. The van der Waals surface area contributed by atoms with Gasteiger partial charge in [0.05, 0.1) is 5.69 Å². The first-order chi connectivity index (χ1) is 12.8. The lowest BCUT2D eigenvalue weighted by molar-refractivity contribution is -0.153. The largest absolute Gasteiger partial charge is 0.459 e. The molecule has 1 heterocycles. The van der Waals surface area contributed by atoms with Crippen molar-refractivity contribution in [2.45, 2.75) is 32.4 Å². The fourth-order valence-electron chi connectivity index (χ4n) is 3.11. The van der Waals surface area contributed by atoms with Gasteiger partial charge in [0.2, 0.25) is 5.91 Å². The molecule has 2 N–H and O–H groups in total. The maximum absolute atomic E-state index is 12.9. The Kier molecular flexibility index (Phi) is 5.15. The lowest BCUT2D eigenvalue weighted by atomic mass is 9.95. The first kappa shape index (κ1) is 18.9. The van der Waals surface area contributed by atoms with Crippen molar-refractivity contribution >= 4 is 23.1 Å². The van der Waals surface area contributed by atoms with Crippen LogP contribution in [0.5, 0.6) is 0 Å². The summed E-state index contributed by atoms with van der Waals surface area (Å²) < 4.78 is 5.40. The number of carbonyl (C=O) groups excluding carboxylic acids is 2. The lowest BCUT2D eigenvalue weighted by Crippen LogP contribution is -2.46. The summed E-state index contributed by atoms with van der Waals surface area (Å²) in [6.45, 7) is 5.20. The summed E-state index contributed by atoms with van der Waals surface area (Å²) in [5.74, 6) is -0.805. The van der Waals surface area contributed by atoms with E-state index in [4.69, 9.17) is 10.5 Å². The molecule has 1 unspecified atom stereocenters. The van der Waals surface area contributed by atoms with Gasteiger partial charge in [0.1, 0.15) is 18.2 Å². The fraction of sp³-hybridized carbons (Fsp3) is 0.273. The molecule has 1 aliphatic heterocycles. The van der Waals surface area contributed by atoms with E-state index >= 15 is 0 Å². The van der Waals surface area contributed by atoms with Crippen LogP contribution in [0.3, 0.4) is 0 Å². The molecule has 2 aromatic carbocycles. The number of para-hydroxylation sites is 1. The third-order valence-corrected chi connectivity index (χ3v) is 4.17. The lowest BCUT2D eigenvalue weighted by Gasteiger charge is -2.26. The molecule has 140 valence electrons. The Balaban J connectivity index is 2.04. The van der Waals surface area contributed by atoms with Gasteiger partial charge >= 0.3 is 5.97 Å². The standard InChI is InChI=1S/C22H24N2O3/c1-22(2,3)27-20(25)14-24-19-12-8-7-11-16(19)17(13-18(23)21(24)26)15-9-5-4-6-10-15/h4-13,18H,14,23H2,1-3H3. The number of anilines is 1. The zero-order valence-electron chi connectivity index (χ0n) is 15.8. The molecule has 0 aromatic heterocycles. The number of nitrogens with zero attached hydrogens (tertiary/aromatic N) is 1. The van der Waals surface area contributed by atoms with Crippen molar-refractivity contribution in [1.29, 1.82) is 0 Å². The highest BCUT2D eigenvalue weighted by Gasteiger charge is 2.31. The number of amides is 1. The zero-order valence-corrected chi connectivity index (χ0v) is 15.8. The highest BCUT2D eigenvalue weighted by molar-refractivity contribution is 6.07. The van der Waals surface area contributed by atoms with Crippen LogP contribution < -0.4 is 10.6 Å². The molecule has 0 bridgehead atoms. The van der Waals surface area contributed by atoms with Gasteiger partial charge in [0.15, 0.2) is 0 Å². The summed E-state index contributed by atoms with van der Waals surface area (Å²) in [4.78, 5) is 26.7. The van der Waals surface area contributed by atoms with E-state index in [-0.39, 0.29) is 12.5 Å². The third kappa shape index (κ3) is 4.26. The van der Waals surface area contributed by atoms with E-state index in [2.05, 4.69) is 0 Å². The molecule has 0 spiro atoms. The highest BCUT2D eigenvalue weighted by Crippen LogP contribution is 2.34. The Labute approximate surface area is 159 Å². The van der Waals surface area contributed by atoms with Crippen LogP contribution in [-0.4, -0.2) is 30.1 Å². The molecular weight excluding hydrogens is 340 g/mol. The van der Waals surface area contributed by atoms with Crippen molar-refractivity contribution in [3.63, 3.8) is 0 Å². The zero-order chi connectivity index (χ0) is 19.6. The first-order valence-corrected chi connectivity index (χ1v) is 8.92. The van der Waals surface area contributed by atoms with Gasteiger partial charge in [-0.2, -0.15) is 0 Å². The molecule has 0 aliphatic carbocycles.